The highest BCUT2D eigenvalue weighted by Gasteiger charge is 2.43. The lowest BCUT2D eigenvalue weighted by Gasteiger charge is -2.26. The molecule has 0 amide bonds. The summed E-state index contributed by atoms with van der Waals surface area (Å²) in [4.78, 5) is 16.3. The molecular formula is C22H18N2O4S. The summed E-state index contributed by atoms with van der Waals surface area (Å²) >= 11 is 0. The number of fused-ring (bicyclic) bond motifs is 4. The van der Waals surface area contributed by atoms with Crippen molar-refractivity contribution in [3.8, 4) is 0 Å². The predicted molar refractivity (Wildman–Crippen MR) is 111 cm³/mol. The highest BCUT2D eigenvalue weighted by atomic mass is 32.2. The fourth-order valence-corrected chi connectivity index (χ4v) is 5.34. The van der Waals surface area contributed by atoms with E-state index in [1.807, 2.05) is 18.2 Å². The van der Waals surface area contributed by atoms with Gasteiger partial charge in [-0.3, -0.25) is 0 Å². The van der Waals surface area contributed by atoms with E-state index in [4.69, 9.17) is 10.1 Å². The van der Waals surface area contributed by atoms with Gasteiger partial charge in [0.2, 0.25) is 10.0 Å². The number of sulfonamides is 1. The van der Waals surface area contributed by atoms with Gasteiger partial charge in [-0.25, -0.2) is 23.3 Å². The van der Waals surface area contributed by atoms with E-state index < -0.39 is 16.0 Å². The average molecular weight is 406 g/mol. The summed E-state index contributed by atoms with van der Waals surface area (Å²) < 4.78 is 24.1. The Hall–Kier alpha value is -3.03. The largest absolute Gasteiger partial charge is 0.478 e. The zero-order chi connectivity index (χ0) is 20.5. The second-order valence-electron chi connectivity index (χ2n) is 7.49. The van der Waals surface area contributed by atoms with Crippen molar-refractivity contribution in [1.29, 1.82) is 0 Å². The number of carbonyl (C=O) groups is 1. The predicted octanol–water partition coefficient (Wildman–Crippen LogP) is 3.27. The van der Waals surface area contributed by atoms with Crippen molar-refractivity contribution in [2.24, 2.45) is 11.1 Å². The summed E-state index contributed by atoms with van der Waals surface area (Å²) in [5.74, 6) is -0.944. The van der Waals surface area contributed by atoms with Crippen molar-refractivity contribution in [3.63, 3.8) is 0 Å². The normalized spacial score (nSPS) is 21.9. The number of hydrogen-bond donors (Lipinski definition) is 2. The Bertz CT molecular complexity index is 1350. The molecule has 146 valence electrons. The van der Waals surface area contributed by atoms with Gasteiger partial charge in [0.1, 0.15) is 0 Å². The monoisotopic (exact) mass is 406 g/mol. The molecular weight excluding hydrogens is 388 g/mol. The molecule has 5 rings (SSSR count). The quantitative estimate of drug-likeness (QED) is 0.813. The first-order valence-electron chi connectivity index (χ1n) is 9.34. The van der Waals surface area contributed by atoms with E-state index in [9.17, 15) is 18.3 Å². The van der Waals surface area contributed by atoms with Crippen LogP contribution >= 0.6 is 0 Å². The van der Waals surface area contributed by atoms with Crippen LogP contribution in [0.5, 0.6) is 0 Å². The van der Waals surface area contributed by atoms with Gasteiger partial charge in [-0.2, -0.15) is 0 Å². The van der Waals surface area contributed by atoms with Crippen LogP contribution in [0.3, 0.4) is 0 Å². The Morgan fingerprint density at radius 1 is 1.28 bits per heavy atom. The number of aromatic nitrogens is 1. The Morgan fingerprint density at radius 2 is 2.07 bits per heavy atom. The number of aryl methyl sites for hydroxylation is 1. The second kappa shape index (κ2) is 5.98. The molecule has 2 aromatic rings. The molecule has 1 heterocycles. The van der Waals surface area contributed by atoms with Crippen LogP contribution in [0.25, 0.3) is 16.5 Å². The highest BCUT2D eigenvalue weighted by Crippen LogP contribution is 2.55. The Morgan fingerprint density at radius 3 is 2.76 bits per heavy atom. The van der Waals surface area contributed by atoms with Crippen molar-refractivity contribution in [1.82, 2.24) is 4.98 Å². The summed E-state index contributed by atoms with van der Waals surface area (Å²) in [6.45, 7) is 2.06. The number of nitrogens with two attached hydrogens (primary N) is 1. The lowest BCUT2D eigenvalue weighted by Crippen LogP contribution is -2.19. The lowest BCUT2D eigenvalue weighted by atomic mass is 9.78. The number of carboxylic acids is 1. The number of nitrogens with zero attached hydrogens (tertiary/aromatic N) is 1. The molecule has 0 bridgehead atoms. The molecule has 6 nitrogen and oxygen atoms in total. The van der Waals surface area contributed by atoms with Crippen molar-refractivity contribution in [2.75, 3.05) is 0 Å². The van der Waals surface area contributed by atoms with Crippen LogP contribution in [0.1, 0.15) is 40.0 Å². The number of allylic oxidation sites excluding steroid dienone is 7. The van der Waals surface area contributed by atoms with E-state index in [2.05, 4.69) is 13.0 Å². The van der Waals surface area contributed by atoms with Gasteiger partial charge in [-0.05, 0) is 53.0 Å². The fraction of sp³-hybridized carbons (Fsp3) is 0.182. The molecule has 1 aromatic carbocycles. The first-order chi connectivity index (χ1) is 13.8. The maximum absolute atomic E-state index is 12.0. The standard InChI is InChI=1S/C22H18N2O4S/c1-2-14-15-7-6-12(22(25)26)9-18(15)24-21-17-10-13(29(23,27)28)8-11-4-3-5-16(19(11)17)20(14)21/h3-10,16,19H,2H2,1H3,(H,25,26)(H2,23,27,28). The summed E-state index contributed by atoms with van der Waals surface area (Å²) in [6, 6.07) is 4.99. The van der Waals surface area contributed by atoms with Gasteiger partial charge in [-0.15, -0.1) is 0 Å². The number of pyridine rings is 1. The van der Waals surface area contributed by atoms with E-state index in [0.717, 1.165) is 39.8 Å². The molecule has 3 N–H and O–H groups in total. The molecule has 29 heavy (non-hydrogen) atoms. The average Bonchev–Trinajstić information content (AvgIpc) is 3.00. The van der Waals surface area contributed by atoms with Gasteiger partial charge in [0.05, 0.1) is 21.7 Å². The summed E-state index contributed by atoms with van der Waals surface area (Å²) in [5, 5.41) is 15.7. The SMILES string of the molecule is CCc1c2c(nc3cc(C(=O)O)ccc13)C1=CC(S(N)(=O)=O)=CC3=CC=CC2C31. The minimum atomic E-state index is -3.87. The van der Waals surface area contributed by atoms with Crippen LogP contribution in [0.15, 0.2) is 59.1 Å². The van der Waals surface area contributed by atoms with Crippen molar-refractivity contribution < 1.29 is 18.3 Å². The van der Waals surface area contributed by atoms with Gasteiger partial charge in [0, 0.05) is 17.2 Å². The molecule has 3 aliphatic rings. The third kappa shape index (κ3) is 2.54. The minimum absolute atomic E-state index is 0.00550. The summed E-state index contributed by atoms with van der Waals surface area (Å²) in [6.07, 6.45) is 10.0. The number of rotatable bonds is 3. The van der Waals surface area contributed by atoms with Gasteiger partial charge < -0.3 is 5.11 Å². The maximum atomic E-state index is 12.0. The Kier molecular flexibility index (Phi) is 3.72. The third-order valence-corrected chi connectivity index (χ3v) is 6.83. The van der Waals surface area contributed by atoms with Crippen molar-refractivity contribution in [3.05, 3.63) is 81.4 Å². The van der Waals surface area contributed by atoms with E-state index in [1.165, 1.54) is 0 Å². The number of hydrogen-bond acceptors (Lipinski definition) is 4. The molecule has 0 fully saturated rings. The van der Waals surface area contributed by atoms with Gasteiger partial charge in [-0.1, -0.05) is 31.2 Å². The summed E-state index contributed by atoms with van der Waals surface area (Å²) in [5.41, 5.74) is 5.43. The minimum Gasteiger partial charge on any atom is -0.478 e. The number of primary sulfonamides is 1. The zero-order valence-corrected chi connectivity index (χ0v) is 16.4. The van der Waals surface area contributed by atoms with Crippen LogP contribution < -0.4 is 5.14 Å². The Balaban J connectivity index is 1.86. The molecule has 3 aliphatic carbocycles. The van der Waals surface area contributed by atoms with E-state index in [1.54, 1.807) is 24.3 Å². The number of benzene rings is 1. The number of carboxylic acid groups (broad SMARTS) is 1. The molecule has 0 saturated carbocycles. The topological polar surface area (TPSA) is 110 Å². The van der Waals surface area contributed by atoms with E-state index in [-0.39, 0.29) is 22.3 Å². The molecule has 7 heteroatoms. The van der Waals surface area contributed by atoms with Gasteiger partial charge >= 0.3 is 5.97 Å². The molecule has 0 radical (unpaired) electrons. The smallest absolute Gasteiger partial charge is 0.335 e. The third-order valence-electron chi connectivity index (χ3n) is 5.94. The first-order valence-corrected chi connectivity index (χ1v) is 10.9. The molecule has 1 aromatic heterocycles. The van der Waals surface area contributed by atoms with Crippen LogP contribution in [0.2, 0.25) is 0 Å². The van der Waals surface area contributed by atoms with Crippen LogP contribution in [-0.2, 0) is 16.4 Å². The second-order valence-corrected chi connectivity index (χ2v) is 9.05. The fourth-order valence-electron chi connectivity index (χ4n) is 4.75. The van der Waals surface area contributed by atoms with Crippen LogP contribution in [-0.4, -0.2) is 24.5 Å². The molecule has 2 unspecified atom stereocenters. The highest BCUT2D eigenvalue weighted by molar-refractivity contribution is 7.93. The number of aromatic carboxylic acids is 1. The van der Waals surface area contributed by atoms with E-state index >= 15 is 0 Å². The van der Waals surface area contributed by atoms with Crippen molar-refractivity contribution >= 4 is 32.5 Å². The van der Waals surface area contributed by atoms with Gasteiger partial charge in [0.15, 0.2) is 0 Å². The van der Waals surface area contributed by atoms with Crippen LogP contribution in [0.4, 0.5) is 0 Å². The molecule has 0 aliphatic heterocycles. The molecule has 2 atom stereocenters. The summed E-state index contributed by atoms with van der Waals surface area (Å²) in [7, 11) is -3.87. The van der Waals surface area contributed by atoms with Gasteiger partial charge in [0.25, 0.3) is 0 Å². The first kappa shape index (κ1) is 18.0. The van der Waals surface area contributed by atoms with E-state index in [0.29, 0.717) is 5.52 Å². The lowest BCUT2D eigenvalue weighted by molar-refractivity contribution is 0.0697. The molecule has 0 spiro atoms. The maximum Gasteiger partial charge on any atom is 0.335 e. The Labute approximate surface area is 167 Å². The van der Waals surface area contributed by atoms with Crippen LogP contribution in [0, 0.1) is 5.92 Å². The zero-order valence-electron chi connectivity index (χ0n) is 15.6. The molecule has 0 saturated heterocycles. The van der Waals surface area contributed by atoms with Crippen molar-refractivity contribution in [2.45, 2.75) is 19.3 Å².